The highest BCUT2D eigenvalue weighted by Crippen LogP contribution is 2.21. The molecule has 0 amide bonds. The molecule has 0 heterocycles. The van der Waals surface area contributed by atoms with Crippen LogP contribution in [0.3, 0.4) is 0 Å². The molecular weight excluding hydrogens is 382 g/mol. The van der Waals surface area contributed by atoms with Gasteiger partial charge in [0.25, 0.3) is 0 Å². The van der Waals surface area contributed by atoms with Gasteiger partial charge < -0.3 is 0 Å². The van der Waals surface area contributed by atoms with Crippen LogP contribution >= 0.6 is 31.9 Å². The maximum atomic E-state index is 12.3. The summed E-state index contributed by atoms with van der Waals surface area (Å²) in [5, 5.41) is 1.12. The second-order valence-corrected chi connectivity index (χ2v) is 7.13. The number of halogens is 2. The Labute approximate surface area is 126 Å². The van der Waals surface area contributed by atoms with Crippen molar-refractivity contribution in [2.45, 2.75) is 30.7 Å². The Morgan fingerprint density at radius 2 is 1.89 bits per heavy atom. The van der Waals surface area contributed by atoms with Gasteiger partial charge in [0, 0.05) is 10.7 Å². The molecule has 0 aliphatic heterocycles. The monoisotopic (exact) mass is 397 g/mol. The fraction of sp³-hybridized carbons (Fsp3) is 0.500. The highest BCUT2D eigenvalue weighted by atomic mass is 79.9. The maximum Gasteiger partial charge on any atom is 0.241 e. The van der Waals surface area contributed by atoms with E-state index < -0.39 is 15.6 Å². The lowest BCUT2D eigenvalue weighted by Gasteiger charge is -2.29. The Hall–Kier alpha value is 0.0900. The highest BCUT2D eigenvalue weighted by molar-refractivity contribution is 9.09. The topological polar surface area (TPSA) is 46.2 Å². The maximum absolute atomic E-state index is 12.3. The number of hydrogen-bond donors (Lipinski definition) is 1. The second kappa shape index (κ2) is 6.50. The van der Waals surface area contributed by atoms with Crippen LogP contribution < -0.4 is 4.72 Å². The molecular formula is C12H17Br2NO2S. The summed E-state index contributed by atoms with van der Waals surface area (Å²) < 4.78 is 27.4. The molecule has 0 spiro atoms. The van der Waals surface area contributed by atoms with E-state index in [2.05, 4.69) is 36.6 Å². The van der Waals surface area contributed by atoms with Crippen LogP contribution in [0.2, 0.25) is 0 Å². The van der Waals surface area contributed by atoms with E-state index in [0.29, 0.717) is 22.0 Å². The molecule has 0 aromatic heterocycles. The van der Waals surface area contributed by atoms with Crippen molar-refractivity contribution in [3.05, 3.63) is 29.8 Å². The molecule has 0 fully saturated rings. The smallest absolute Gasteiger partial charge is 0.207 e. The molecule has 6 heteroatoms. The third-order valence-corrected chi connectivity index (χ3v) is 6.56. The SMILES string of the molecule is CCC(CBr)(CBr)NS(=O)(=O)c1cccc(C)c1. The third-order valence-electron chi connectivity index (χ3n) is 2.84. The van der Waals surface area contributed by atoms with Crippen molar-refractivity contribution in [1.29, 1.82) is 0 Å². The van der Waals surface area contributed by atoms with Gasteiger partial charge in [0.1, 0.15) is 0 Å². The molecule has 0 atom stereocenters. The zero-order chi connectivity index (χ0) is 13.8. The number of sulfonamides is 1. The van der Waals surface area contributed by atoms with Crippen LogP contribution in [0.5, 0.6) is 0 Å². The fourth-order valence-electron chi connectivity index (χ4n) is 1.48. The van der Waals surface area contributed by atoms with E-state index in [4.69, 9.17) is 0 Å². The molecule has 0 radical (unpaired) electrons. The van der Waals surface area contributed by atoms with Gasteiger partial charge in [-0.1, -0.05) is 50.9 Å². The van der Waals surface area contributed by atoms with E-state index in [9.17, 15) is 8.42 Å². The summed E-state index contributed by atoms with van der Waals surface area (Å²) in [5.74, 6) is 0. The van der Waals surface area contributed by atoms with Crippen molar-refractivity contribution in [2.75, 3.05) is 10.7 Å². The summed E-state index contributed by atoms with van der Waals surface area (Å²) in [7, 11) is -3.49. The van der Waals surface area contributed by atoms with Crippen molar-refractivity contribution in [1.82, 2.24) is 4.72 Å². The minimum atomic E-state index is -3.49. The van der Waals surface area contributed by atoms with Crippen LogP contribution in [-0.4, -0.2) is 24.6 Å². The van der Waals surface area contributed by atoms with Crippen LogP contribution in [0.1, 0.15) is 18.9 Å². The standard InChI is InChI=1S/C12H17Br2NO2S/c1-3-12(8-13,9-14)15-18(16,17)11-6-4-5-10(2)7-11/h4-7,15H,3,8-9H2,1-2H3. The Morgan fingerprint density at radius 3 is 2.33 bits per heavy atom. The molecule has 1 rings (SSSR count). The van der Waals surface area contributed by atoms with Crippen LogP contribution in [0.25, 0.3) is 0 Å². The van der Waals surface area contributed by atoms with Gasteiger partial charge in [-0.15, -0.1) is 0 Å². The minimum absolute atomic E-state index is 0.308. The summed E-state index contributed by atoms with van der Waals surface area (Å²) >= 11 is 6.75. The first-order chi connectivity index (χ1) is 8.39. The predicted octanol–water partition coefficient (Wildman–Crippen LogP) is 3.21. The van der Waals surface area contributed by atoms with Gasteiger partial charge in [-0.25, -0.2) is 13.1 Å². The number of benzene rings is 1. The van der Waals surface area contributed by atoms with Gasteiger partial charge >= 0.3 is 0 Å². The molecule has 3 nitrogen and oxygen atoms in total. The van der Waals surface area contributed by atoms with E-state index in [1.165, 1.54) is 0 Å². The lowest BCUT2D eigenvalue weighted by molar-refractivity contribution is 0.459. The molecule has 18 heavy (non-hydrogen) atoms. The normalized spacial score (nSPS) is 12.7. The number of rotatable bonds is 6. The molecule has 1 aromatic rings. The van der Waals surface area contributed by atoms with Crippen molar-refractivity contribution in [3.63, 3.8) is 0 Å². The molecule has 0 aliphatic carbocycles. The van der Waals surface area contributed by atoms with Gasteiger partial charge in [-0.05, 0) is 31.0 Å². The Kier molecular flexibility index (Phi) is 5.83. The van der Waals surface area contributed by atoms with E-state index in [0.717, 1.165) is 5.56 Å². The Morgan fingerprint density at radius 1 is 1.28 bits per heavy atom. The molecule has 102 valence electrons. The van der Waals surface area contributed by atoms with Gasteiger partial charge in [-0.2, -0.15) is 0 Å². The van der Waals surface area contributed by atoms with Gasteiger partial charge in [0.2, 0.25) is 10.0 Å². The summed E-state index contributed by atoms with van der Waals surface area (Å²) in [6.45, 7) is 3.84. The zero-order valence-corrected chi connectivity index (χ0v) is 14.4. The van der Waals surface area contributed by atoms with Crippen molar-refractivity contribution in [2.24, 2.45) is 0 Å². The van der Waals surface area contributed by atoms with E-state index >= 15 is 0 Å². The first kappa shape index (κ1) is 16.1. The quantitative estimate of drug-likeness (QED) is 0.747. The largest absolute Gasteiger partial charge is 0.241 e. The highest BCUT2D eigenvalue weighted by Gasteiger charge is 2.31. The summed E-state index contributed by atoms with van der Waals surface area (Å²) in [6.07, 6.45) is 0.703. The van der Waals surface area contributed by atoms with Crippen LogP contribution in [0.15, 0.2) is 29.2 Å². The van der Waals surface area contributed by atoms with Crippen molar-refractivity contribution >= 4 is 41.9 Å². The number of hydrogen-bond acceptors (Lipinski definition) is 2. The van der Waals surface area contributed by atoms with Gasteiger partial charge in [0.15, 0.2) is 0 Å². The average molecular weight is 399 g/mol. The first-order valence-electron chi connectivity index (χ1n) is 5.62. The molecule has 0 bridgehead atoms. The molecule has 0 saturated heterocycles. The zero-order valence-electron chi connectivity index (χ0n) is 10.4. The van der Waals surface area contributed by atoms with Crippen molar-refractivity contribution in [3.8, 4) is 0 Å². The summed E-state index contributed by atoms with van der Waals surface area (Å²) in [4.78, 5) is 0.308. The molecule has 1 aromatic carbocycles. The average Bonchev–Trinajstić information content (AvgIpc) is 2.36. The molecule has 0 aliphatic rings. The van der Waals surface area contributed by atoms with Crippen molar-refractivity contribution < 1.29 is 8.42 Å². The number of alkyl halides is 2. The van der Waals surface area contributed by atoms with Crippen LogP contribution in [0.4, 0.5) is 0 Å². The first-order valence-corrected chi connectivity index (χ1v) is 9.34. The fourth-order valence-corrected chi connectivity index (χ4v) is 5.43. The van der Waals surface area contributed by atoms with Gasteiger partial charge in [0.05, 0.1) is 10.4 Å². The summed E-state index contributed by atoms with van der Waals surface area (Å²) in [6, 6.07) is 6.91. The summed E-state index contributed by atoms with van der Waals surface area (Å²) in [5.41, 5.74) is 0.431. The Balaban J connectivity index is 3.08. The van der Waals surface area contributed by atoms with Crippen LogP contribution in [-0.2, 0) is 10.0 Å². The number of aryl methyl sites for hydroxylation is 1. The lowest BCUT2D eigenvalue weighted by Crippen LogP contribution is -2.50. The predicted molar refractivity (Wildman–Crippen MR) is 82.1 cm³/mol. The molecule has 0 unspecified atom stereocenters. The van der Waals surface area contributed by atoms with E-state index in [1.54, 1.807) is 18.2 Å². The minimum Gasteiger partial charge on any atom is -0.207 e. The Bertz CT molecular complexity index is 490. The van der Waals surface area contributed by atoms with E-state index in [-0.39, 0.29) is 0 Å². The number of nitrogens with one attached hydrogen (secondary N) is 1. The van der Waals surface area contributed by atoms with Gasteiger partial charge in [-0.3, -0.25) is 0 Å². The van der Waals surface area contributed by atoms with E-state index in [1.807, 2.05) is 19.9 Å². The van der Waals surface area contributed by atoms with Crippen LogP contribution in [0, 0.1) is 6.92 Å². The molecule has 1 N–H and O–H groups in total. The second-order valence-electron chi connectivity index (χ2n) is 4.32. The third kappa shape index (κ3) is 3.79. The lowest BCUT2D eigenvalue weighted by atomic mass is 10.0. The molecule has 0 saturated carbocycles.